The van der Waals surface area contributed by atoms with Gasteiger partial charge in [-0.1, -0.05) is 19.9 Å². The van der Waals surface area contributed by atoms with E-state index in [4.69, 9.17) is 9.72 Å². The number of hydrogen-bond donors (Lipinski definition) is 2. The van der Waals surface area contributed by atoms with Crippen LogP contribution in [0.5, 0.6) is 5.75 Å². The minimum atomic E-state index is 0.741. The maximum atomic E-state index is 9.86. The third-order valence-corrected chi connectivity index (χ3v) is 6.70. The van der Waals surface area contributed by atoms with Gasteiger partial charge in [-0.15, -0.1) is 11.3 Å². The van der Waals surface area contributed by atoms with Gasteiger partial charge in [0.05, 0.1) is 34.1 Å². The van der Waals surface area contributed by atoms with Gasteiger partial charge in [0.1, 0.15) is 11.3 Å². The summed E-state index contributed by atoms with van der Waals surface area (Å²) in [4.78, 5) is 29.8. The highest BCUT2D eigenvalue weighted by Gasteiger charge is 2.19. The first kappa shape index (κ1) is 23.7. The highest BCUT2D eigenvalue weighted by Crippen LogP contribution is 2.37. The number of carbonyl (C=O) groups excluding carboxylic acids is 1. The number of methoxy groups -OCH3 is 1. The first-order valence-corrected chi connectivity index (χ1v) is 12.3. The van der Waals surface area contributed by atoms with Gasteiger partial charge in [0.25, 0.3) is 0 Å². The lowest BCUT2D eigenvalue weighted by atomic mass is 10.1. The van der Waals surface area contributed by atoms with Crippen LogP contribution in [0.1, 0.15) is 32.8 Å². The molecule has 1 aliphatic rings. The van der Waals surface area contributed by atoms with Gasteiger partial charge in [0.15, 0.2) is 5.65 Å². The Morgan fingerprint density at radius 2 is 2.18 bits per heavy atom. The summed E-state index contributed by atoms with van der Waals surface area (Å²) in [5.41, 5.74) is 5.51. The summed E-state index contributed by atoms with van der Waals surface area (Å²) in [7, 11) is 1.68. The van der Waals surface area contributed by atoms with E-state index in [2.05, 4.69) is 47.1 Å². The molecular formula is C25H30N6O2S. The molecule has 1 aliphatic heterocycles. The molecular weight excluding hydrogens is 448 g/mol. The van der Waals surface area contributed by atoms with Crippen molar-refractivity contribution < 1.29 is 9.53 Å². The Labute approximate surface area is 203 Å². The molecule has 0 bridgehead atoms. The number of amides is 1. The van der Waals surface area contributed by atoms with Crippen LogP contribution < -0.4 is 10.1 Å². The number of allylic oxidation sites excluding steroid dienone is 1. The average molecular weight is 479 g/mol. The second-order valence-electron chi connectivity index (χ2n) is 8.21. The first-order valence-electron chi connectivity index (χ1n) is 11.5. The van der Waals surface area contributed by atoms with Crippen molar-refractivity contribution in [2.75, 3.05) is 26.7 Å². The molecule has 4 aromatic rings. The molecule has 9 heteroatoms. The van der Waals surface area contributed by atoms with Gasteiger partial charge in [-0.05, 0) is 31.4 Å². The highest BCUT2D eigenvalue weighted by atomic mass is 32.1. The van der Waals surface area contributed by atoms with Crippen LogP contribution >= 0.6 is 11.3 Å². The van der Waals surface area contributed by atoms with Crippen molar-refractivity contribution in [2.45, 2.75) is 27.2 Å². The fourth-order valence-corrected chi connectivity index (χ4v) is 4.98. The van der Waals surface area contributed by atoms with Crippen LogP contribution in [0.25, 0.3) is 37.6 Å². The Hall–Kier alpha value is -3.46. The Kier molecular flexibility index (Phi) is 7.42. The summed E-state index contributed by atoms with van der Waals surface area (Å²) in [6.45, 7) is 9.13. The summed E-state index contributed by atoms with van der Waals surface area (Å²) >= 11 is 1.62. The largest absolute Gasteiger partial charge is 0.495 e. The monoisotopic (exact) mass is 478 g/mol. The van der Waals surface area contributed by atoms with Crippen LogP contribution in [-0.2, 0) is 4.79 Å². The van der Waals surface area contributed by atoms with Crippen LogP contribution in [0.4, 0.5) is 0 Å². The van der Waals surface area contributed by atoms with Crippen LogP contribution in [0.2, 0.25) is 0 Å². The normalized spacial score (nSPS) is 14.0. The number of nitrogens with one attached hydrogen (secondary N) is 2. The lowest BCUT2D eigenvalue weighted by molar-refractivity contribution is -0.123. The smallest absolute Gasteiger partial charge is 0.209 e. The Bertz CT molecular complexity index is 1310. The summed E-state index contributed by atoms with van der Waals surface area (Å²) in [5, 5.41) is 3.42. The zero-order chi connectivity index (χ0) is 24.1. The molecule has 8 nitrogen and oxygen atoms in total. The first-order chi connectivity index (χ1) is 16.6. The van der Waals surface area contributed by atoms with Crippen molar-refractivity contribution in [1.82, 2.24) is 30.2 Å². The van der Waals surface area contributed by atoms with Gasteiger partial charge in [-0.2, -0.15) is 0 Å². The third-order valence-electron chi connectivity index (χ3n) is 5.54. The maximum absolute atomic E-state index is 9.86. The van der Waals surface area contributed by atoms with E-state index in [-0.39, 0.29) is 0 Å². The number of aromatic amines is 1. The third kappa shape index (κ3) is 4.89. The predicted molar refractivity (Wildman–Crippen MR) is 138 cm³/mol. The van der Waals surface area contributed by atoms with Crippen LogP contribution in [-0.4, -0.2) is 58.0 Å². The second kappa shape index (κ2) is 10.6. The minimum Gasteiger partial charge on any atom is -0.495 e. The van der Waals surface area contributed by atoms with Crippen molar-refractivity contribution in [3.8, 4) is 16.3 Å². The quantitative estimate of drug-likeness (QED) is 0.374. The van der Waals surface area contributed by atoms with E-state index in [9.17, 15) is 4.79 Å². The van der Waals surface area contributed by atoms with Gasteiger partial charge in [0.2, 0.25) is 6.41 Å². The van der Waals surface area contributed by atoms with E-state index >= 15 is 0 Å². The van der Waals surface area contributed by atoms with Crippen LogP contribution in [0.3, 0.4) is 0 Å². The molecule has 0 atom stereocenters. The summed E-state index contributed by atoms with van der Waals surface area (Å²) in [5.74, 6) is 1.57. The number of carbonyl (C=O) groups is 1. The molecule has 0 spiro atoms. The standard InChI is InChI=1S/C20H21N5OS.C5H9NO/c1-4-6-13(21-5-2)12-10-23-20-18(12)25-15(11-24-20)17-9-14-19(27-17)16(26-3)7-8-22-14;1-5-2-6(3-5)4-7/h6-11,21H,4-5H2,1-3H3,(H,23,24);4-5H,2-3H2,1H3/b13-6+;. The summed E-state index contributed by atoms with van der Waals surface area (Å²) in [6, 6.07) is 3.91. The van der Waals surface area contributed by atoms with Crippen molar-refractivity contribution in [2.24, 2.45) is 5.92 Å². The molecule has 0 unspecified atom stereocenters. The van der Waals surface area contributed by atoms with E-state index in [1.165, 1.54) is 0 Å². The second-order valence-corrected chi connectivity index (χ2v) is 9.27. The van der Waals surface area contributed by atoms with Gasteiger partial charge < -0.3 is 19.9 Å². The summed E-state index contributed by atoms with van der Waals surface area (Å²) < 4.78 is 6.47. The van der Waals surface area contributed by atoms with Crippen molar-refractivity contribution >= 4 is 44.8 Å². The van der Waals surface area contributed by atoms with E-state index in [1.807, 2.05) is 18.3 Å². The number of H-pyrrole nitrogens is 1. The van der Waals surface area contributed by atoms with E-state index < -0.39 is 0 Å². The zero-order valence-electron chi connectivity index (χ0n) is 20.0. The lowest BCUT2D eigenvalue weighted by Gasteiger charge is -2.33. The van der Waals surface area contributed by atoms with E-state index in [0.717, 1.165) is 87.3 Å². The minimum absolute atomic E-state index is 0.741. The van der Waals surface area contributed by atoms with Crippen LogP contribution in [0.15, 0.2) is 36.8 Å². The van der Waals surface area contributed by atoms with E-state index in [1.54, 1.807) is 35.7 Å². The number of pyridine rings is 1. The molecule has 1 fully saturated rings. The number of fused-ring (bicyclic) bond motifs is 2. The molecule has 0 radical (unpaired) electrons. The fourth-order valence-electron chi connectivity index (χ4n) is 3.92. The molecule has 1 saturated heterocycles. The molecule has 34 heavy (non-hydrogen) atoms. The van der Waals surface area contributed by atoms with Crippen molar-refractivity contribution in [3.63, 3.8) is 0 Å². The van der Waals surface area contributed by atoms with Gasteiger partial charge in [0, 0.05) is 43.3 Å². The zero-order valence-corrected chi connectivity index (χ0v) is 20.8. The fraction of sp³-hybridized carbons (Fsp3) is 0.360. The molecule has 0 aromatic carbocycles. The number of nitrogens with zero attached hydrogens (tertiary/aromatic N) is 4. The number of likely N-dealkylation sites (tertiary alicyclic amines) is 1. The Morgan fingerprint density at radius 1 is 1.35 bits per heavy atom. The summed E-state index contributed by atoms with van der Waals surface area (Å²) in [6.07, 6.45) is 9.55. The number of aromatic nitrogens is 4. The lowest BCUT2D eigenvalue weighted by Crippen LogP contribution is -2.43. The van der Waals surface area contributed by atoms with Gasteiger partial charge in [-0.3, -0.25) is 9.78 Å². The average Bonchev–Trinajstić information content (AvgIpc) is 3.46. The maximum Gasteiger partial charge on any atom is 0.209 e. The Balaban J connectivity index is 0.000000336. The Morgan fingerprint density at radius 3 is 2.82 bits per heavy atom. The number of thiophene rings is 1. The van der Waals surface area contributed by atoms with Crippen molar-refractivity contribution in [1.29, 1.82) is 0 Å². The van der Waals surface area contributed by atoms with Gasteiger partial charge >= 0.3 is 0 Å². The number of hydrogen-bond acceptors (Lipinski definition) is 7. The molecule has 1 amide bonds. The molecule has 2 N–H and O–H groups in total. The highest BCUT2D eigenvalue weighted by molar-refractivity contribution is 7.22. The molecule has 0 saturated carbocycles. The SMILES string of the molecule is CC/C=C(/NCC)c1c[nH]c2ncc(-c3cc4nccc(OC)c4s3)nc12.CC1CN(C=O)C1. The topological polar surface area (TPSA) is 96.0 Å². The molecule has 0 aliphatic carbocycles. The number of ether oxygens (including phenoxy) is 1. The predicted octanol–water partition coefficient (Wildman–Crippen LogP) is 4.70. The molecule has 178 valence electrons. The molecule has 4 aromatic heterocycles. The van der Waals surface area contributed by atoms with E-state index in [0.29, 0.717) is 0 Å². The molecule has 5 heterocycles. The molecule has 5 rings (SSSR count). The number of rotatable bonds is 7. The van der Waals surface area contributed by atoms with Crippen molar-refractivity contribution in [3.05, 3.63) is 42.4 Å². The van der Waals surface area contributed by atoms with Crippen LogP contribution in [0, 0.1) is 5.92 Å². The van der Waals surface area contributed by atoms with Gasteiger partial charge in [-0.25, -0.2) is 9.97 Å².